The number of carbonyl (C=O) groups is 2. The Kier molecular flexibility index (Phi) is 10.7. The number of carbonyl (C=O) groups excluding carboxylic acids is 2. The van der Waals surface area contributed by atoms with Gasteiger partial charge in [0, 0.05) is 33.2 Å². The maximum Gasteiger partial charge on any atom is 0.407 e. The number of ether oxygens (including phenoxy) is 3. The molecule has 1 heterocycles. The number of hydrogen-bond acceptors (Lipinski definition) is 5. The van der Waals surface area contributed by atoms with Crippen molar-refractivity contribution >= 4 is 12.0 Å². The van der Waals surface area contributed by atoms with Crippen molar-refractivity contribution in [2.24, 2.45) is 0 Å². The van der Waals surface area contributed by atoms with Crippen LogP contribution in [-0.2, 0) is 19.0 Å². The number of nitrogens with one attached hydrogen (secondary N) is 1. The van der Waals surface area contributed by atoms with Gasteiger partial charge in [-0.1, -0.05) is 6.42 Å². The molecule has 1 saturated heterocycles. The zero-order valence-corrected chi connectivity index (χ0v) is 17.7. The van der Waals surface area contributed by atoms with Crippen LogP contribution in [0.3, 0.4) is 0 Å². The lowest BCUT2D eigenvalue weighted by Gasteiger charge is -2.19. The lowest BCUT2D eigenvalue weighted by molar-refractivity contribution is -0.130. The molecule has 0 aliphatic carbocycles. The summed E-state index contributed by atoms with van der Waals surface area (Å²) in [5.74, 6) is 0.138. The minimum atomic E-state index is -0.477. The lowest BCUT2D eigenvalue weighted by Crippen LogP contribution is -2.33. The number of alkyl carbamates (subject to hydrolysis) is 1. The Bertz CT molecular complexity index is 450. The Morgan fingerprint density at radius 3 is 2.44 bits per heavy atom. The molecular formula is C20H38N2O5. The summed E-state index contributed by atoms with van der Waals surface area (Å²) >= 11 is 0. The summed E-state index contributed by atoms with van der Waals surface area (Å²) in [6.07, 6.45) is 5.59. The van der Waals surface area contributed by atoms with Crippen LogP contribution in [0.5, 0.6) is 0 Å². The van der Waals surface area contributed by atoms with Crippen LogP contribution in [0.15, 0.2) is 0 Å². The first-order valence-electron chi connectivity index (χ1n) is 10.1. The molecule has 0 bridgehead atoms. The van der Waals surface area contributed by atoms with Gasteiger partial charge in [-0.05, 0) is 53.4 Å². The van der Waals surface area contributed by atoms with E-state index in [4.69, 9.17) is 14.2 Å². The Balaban J connectivity index is 1.90. The molecular weight excluding hydrogens is 348 g/mol. The van der Waals surface area contributed by atoms with E-state index in [-0.39, 0.29) is 5.91 Å². The van der Waals surface area contributed by atoms with Crippen molar-refractivity contribution in [2.45, 2.75) is 84.0 Å². The van der Waals surface area contributed by atoms with Crippen LogP contribution in [-0.4, -0.2) is 68.1 Å². The van der Waals surface area contributed by atoms with E-state index < -0.39 is 11.7 Å². The van der Waals surface area contributed by atoms with Crippen molar-refractivity contribution in [2.75, 3.05) is 33.4 Å². The predicted octanol–water partition coefficient (Wildman–Crippen LogP) is 3.11. The molecule has 7 nitrogen and oxygen atoms in total. The molecule has 2 atom stereocenters. The van der Waals surface area contributed by atoms with Crippen molar-refractivity contribution in [3.63, 3.8) is 0 Å². The molecule has 1 rings (SSSR count). The summed E-state index contributed by atoms with van der Waals surface area (Å²) in [7, 11) is 1.81. The molecule has 0 spiro atoms. The third-order valence-electron chi connectivity index (χ3n) is 4.35. The fourth-order valence-corrected chi connectivity index (χ4v) is 2.62. The predicted molar refractivity (Wildman–Crippen MR) is 105 cm³/mol. The van der Waals surface area contributed by atoms with Gasteiger partial charge in [0.05, 0.1) is 18.8 Å². The highest BCUT2D eigenvalue weighted by Crippen LogP contribution is 2.25. The summed E-state index contributed by atoms with van der Waals surface area (Å²) in [5.41, 5.74) is -0.477. The highest BCUT2D eigenvalue weighted by atomic mass is 16.6. The fourth-order valence-electron chi connectivity index (χ4n) is 2.62. The van der Waals surface area contributed by atoms with E-state index >= 15 is 0 Å². The normalized spacial score (nSPS) is 18.9. The molecule has 0 aromatic rings. The third kappa shape index (κ3) is 12.6. The number of nitrogens with zero attached hydrogens (tertiary/aromatic N) is 1. The van der Waals surface area contributed by atoms with Gasteiger partial charge >= 0.3 is 6.09 Å². The van der Waals surface area contributed by atoms with Crippen LogP contribution in [0.1, 0.15) is 66.2 Å². The number of amides is 2. The van der Waals surface area contributed by atoms with E-state index in [0.717, 1.165) is 38.7 Å². The second-order valence-electron chi connectivity index (χ2n) is 8.19. The SMILES string of the molecule is CC1OC1CCCOCCN(C)C(=O)CCCCCNC(=O)OC(C)(C)C. The van der Waals surface area contributed by atoms with Crippen LogP contribution in [0.25, 0.3) is 0 Å². The van der Waals surface area contributed by atoms with E-state index in [1.54, 1.807) is 4.90 Å². The minimum absolute atomic E-state index is 0.138. The van der Waals surface area contributed by atoms with Crippen molar-refractivity contribution in [1.82, 2.24) is 10.2 Å². The standard InChI is InChI=1S/C20H38N2O5/c1-16-17(26-16)10-9-14-25-15-13-22(5)18(23)11-7-6-8-12-21-19(24)27-20(2,3)4/h16-17H,6-15H2,1-5H3,(H,21,24). The second-order valence-corrected chi connectivity index (χ2v) is 8.19. The van der Waals surface area contributed by atoms with Gasteiger partial charge in [0.15, 0.2) is 0 Å². The molecule has 0 aromatic carbocycles. The molecule has 1 fully saturated rings. The van der Waals surface area contributed by atoms with Crippen LogP contribution in [0.2, 0.25) is 0 Å². The summed E-state index contributed by atoms with van der Waals surface area (Å²) in [6, 6.07) is 0. The van der Waals surface area contributed by atoms with Crippen molar-refractivity contribution in [1.29, 1.82) is 0 Å². The monoisotopic (exact) mass is 386 g/mol. The van der Waals surface area contributed by atoms with E-state index in [1.165, 1.54) is 0 Å². The molecule has 2 amide bonds. The van der Waals surface area contributed by atoms with E-state index in [2.05, 4.69) is 12.2 Å². The third-order valence-corrected chi connectivity index (χ3v) is 4.35. The number of unbranched alkanes of at least 4 members (excludes halogenated alkanes) is 2. The molecule has 0 radical (unpaired) electrons. The van der Waals surface area contributed by atoms with Gasteiger partial charge in [0.1, 0.15) is 5.60 Å². The molecule has 1 aliphatic heterocycles. The van der Waals surface area contributed by atoms with Crippen LogP contribution < -0.4 is 5.32 Å². The number of hydrogen-bond donors (Lipinski definition) is 1. The average molecular weight is 387 g/mol. The van der Waals surface area contributed by atoms with Gasteiger partial charge in [-0.15, -0.1) is 0 Å². The van der Waals surface area contributed by atoms with Gasteiger partial charge in [-0.3, -0.25) is 4.79 Å². The summed E-state index contributed by atoms with van der Waals surface area (Å²) < 4.78 is 16.1. The highest BCUT2D eigenvalue weighted by molar-refractivity contribution is 5.75. The molecule has 158 valence electrons. The van der Waals surface area contributed by atoms with Crippen molar-refractivity contribution in [3.8, 4) is 0 Å². The van der Waals surface area contributed by atoms with Gasteiger partial charge in [0.25, 0.3) is 0 Å². The minimum Gasteiger partial charge on any atom is -0.444 e. The second kappa shape index (κ2) is 12.2. The van der Waals surface area contributed by atoms with E-state index in [0.29, 0.717) is 38.3 Å². The maximum absolute atomic E-state index is 12.1. The van der Waals surface area contributed by atoms with Gasteiger partial charge in [-0.2, -0.15) is 0 Å². The summed E-state index contributed by atoms with van der Waals surface area (Å²) in [4.78, 5) is 25.3. The zero-order chi connectivity index (χ0) is 20.3. The van der Waals surface area contributed by atoms with Crippen molar-refractivity contribution in [3.05, 3.63) is 0 Å². The van der Waals surface area contributed by atoms with Crippen LogP contribution >= 0.6 is 0 Å². The van der Waals surface area contributed by atoms with Crippen molar-refractivity contribution < 1.29 is 23.8 Å². The van der Waals surface area contributed by atoms with E-state index in [1.807, 2.05) is 27.8 Å². The quantitative estimate of drug-likeness (QED) is 0.389. The first-order valence-corrected chi connectivity index (χ1v) is 10.1. The molecule has 1 N–H and O–H groups in total. The summed E-state index contributed by atoms with van der Waals surface area (Å²) in [6.45, 7) is 10.1. The zero-order valence-electron chi connectivity index (χ0n) is 17.7. The lowest BCUT2D eigenvalue weighted by atomic mass is 10.2. The summed E-state index contributed by atoms with van der Waals surface area (Å²) in [5, 5.41) is 2.73. The fraction of sp³-hybridized carbons (Fsp3) is 0.900. The largest absolute Gasteiger partial charge is 0.444 e. The average Bonchev–Trinajstić information content (AvgIpc) is 3.27. The molecule has 1 aliphatic rings. The van der Waals surface area contributed by atoms with Gasteiger partial charge < -0.3 is 24.4 Å². The number of likely N-dealkylation sites (N-methyl/N-ethyl adjacent to an activating group) is 1. The first-order chi connectivity index (χ1) is 12.7. The van der Waals surface area contributed by atoms with Crippen LogP contribution in [0.4, 0.5) is 4.79 Å². The molecule has 27 heavy (non-hydrogen) atoms. The van der Waals surface area contributed by atoms with Gasteiger partial charge in [0.2, 0.25) is 5.91 Å². The number of epoxide rings is 1. The Morgan fingerprint density at radius 1 is 1.11 bits per heavy atom. The van der Waals surface area contributed by atoms with Crippen LogP contribution in [0, 0.1) is 0 Å². The number of rotatable bonds is 13. The highest BCUT2D eigenvalue weighted by Gasteiger charge is 2.32. The molecule has 7 heteroatoms. The molecule has 2 unspecified atom stereocenters. The Hall–Kier alpha value is -1.34. The Morgan fingerprint density at radius 2 is 1.81 bits per heavy atom. The first kappa shape index (κ1) is 23.7. The van der Waals surface area contributed by atoms with Gasteiger partial charge in [-0.25, -0.2) is 4.79 Å². The molecule has 0 saturated carbocycles. The maximum atomic E-state index is 12.1. The molecule has 0 aromatic heterocycles. The smallest absolute Gasteiger partial charge is 0.407 e. The topological polar surface area (TPSA) is 80.4 Å². The Labute approximate surface area is 164 Å². The van der Waals surface area contributed by atoms with E-state index in [9.17, 15) is 9.59 Å².